The summed E-state index contributed by atoms with van der Waals surface area (Å²) in [6.45, 7) is 3.23. The van der Waals surface area contributed by atoms with Crippen molar-refractivity contribution in [3.05, 3.63) is 59.2 Å². The second-order valence-electron chi connectivity index (χ2n) is 2.98. The molecule has 0 aromatic heterocycles. The first-order chi connectivity index (χ1) is 7.95. The van der Waals surface area contributed by atoms with E-state index in [9.17, 15) is 13.2 Å². The van der Waals surface area contributed by atoms with Crippen LogP contribution in [0, 0.1) is 11.6 Å². The van der Waals surface area contributed by atoms with Gasteiger partial charge in [0.25, 0.3) is 0 Å². The van der Waals surface area contributed by atoms with Crippen LogP contribution in [0.5, 0.6) is 0 Å². The molecule has 0 saturated carbocycles. The third-order valence-electron chi connectivity index (χ3n) is 1.79. The SMILES string of the molecule is C=C(Cl)N=C(/C(F)=C\N)c1ccc(F)cc1F. The maximum Gasteiger partial charge on any atom is 0.164 e. The van der Waals surface area contributed by atoms with Crippen molar-refractivity contribution >= 4 is 17.3 Å². The second-order valence-corrected chi connectivity index (χ2v) is 3.41. The van der Waals surface area contributed by atoms with Gasteiger partial charge in [0.05, 0.1) is 0 Å². The van der Waals surface area contributed by atoms with Crippen LogP contribution in [0.25, 0.3) is 0 Å². The molecule has 0 amide bonds. The van der Waals surface area contributed by atoms with Gasteiger partial charge in [0.15, 0.2) is 5.83 Å². The van der Waals surface area contributed by atoms with Gasteiger partial charge in [0.2, 0.25) is 0 Å². The lowest BCUT2D eigenvalue weighted by atomic mass is 10.1. The van der Waals surface area contributed by atoms with Gasteiger partial charge in [-0.05, 0) is 12.1 Å². The number of hydrogen-bond acceptors (Lipinski definition) is 2. The van der Waals surface area contributed by atoms with Gasteiger partial charge in [-0.25, -0.2) is 18.2 Å². The summed E-state index contributed by atoms with van der Waals surface area (Å²) in [5.74, 6) is -2.75. The number of allylic oxidation sites excluding steroid dienone is 1. The third-order valence-corrected chi connectivity index (χ3v) is 1.88. The lowest BCUT2D eigenvalue weighted by Gasteiger charge is -2.05. The third kappa shape index (κ3) is 3.35. The summed E-state index contributed by atoms with van der Waals surface area (Å²) in [4.78, 5) is 3.51. The molecule has 1 aromatic carbocycles. The molecule has 2 nitrogen and oxygen atoms in total. The van der Waals surface area contributed by atoms with E-state index in [-0.39, 0.29) is 10.7 Å². The molecule has 0 fully saturated rings. The largest absolute Gasteiger partial charge is 0.402 e. The Balaban J connectivity index is 3.38. The highest BCUT2D eigenvalue weighted by molar-refractivity contribution is 6.30. The Hall–Kier alpha value is -1.75. The van der Waals surface area contributed by atoms with Crippen molar-refractivity contribution in [3.8, 4) is 0 Å². The maximum atomic E-state index is 13.4. The predicted octanol–water partition coefficient (Wildman–Crippen LogP) is 3.23. The zero-order valence-electron chi connectivity index (χ0n) is 8.55. The monoisotopic (exact) mass is 260 g/mol. The van der Waals surface area contributed by atoms with Crippen LogP contribution in [-0.4, -0.2) is 5.71 Å². The van der Waals surface area contributed by atoms with Crippen molar-refractivity contribution < 1.29 is 13.2 Å². The highest BCUT2D eigenvalue weighted by Gasteiger charge is 2.15. The molecule has 0 atom stereocenters. The average Bonchev–Trinajstić information content (AvgIpc) is 2.25. The Bertz CT molecular complexity index is 509. The van der Waals surface area contributed by atoms with Crippen LogP contribution in [0.2, 0.25) is 0 Å². The minimum absolute atomic E-state index is 0.249. The molecule has 0 radical (unpaired) electrons. The zero-order valence-corrected chi connectivity index (χ0v) is 9.31. The van der Waals surface area contributed by atoms with Crippen molar-refractivity contribution in [2.75, 3.05) is 0 Å². The van der Waals surface area contributed by atoms with Crippen LogP contribution in [-0.2, 0) is 0 Å². The summed E-state index contributed by atoms with van der Waals surface area (Å²) >= 11 is 5.39. The fourth-order valence-electron chi connectivity index (χ4n) is 1.12. The molecule has 0 spiro atoms. The number of hydrogen-bond donors (Lipinski definition) is 1. The summed E-state index contributed by atoms with van der Waals surface area (Å²) in [5.41, 5.74) is 4.28. The number of aliphatic imine (C=N–C) groups is 1. The first kappa shape index (κ1) is 13.3. The standard InChI is InChI=1S/C11H8ClF3N2/c1-6(12)17-11(10(15)5-16)8-3-2-7(13)4-9(8)14/h2-5H,1,16H2/b10-5+,17-11?. The number of nitrogens with two attached hydrogens (primary N) is 1. The number of benzene rings is 1. The van der Waals surface area contributed by atoms with Crippen molar-refractivity contribution in [2.45, 2.75) is 0 Å². The molecule has 0 heterocycles. The average molecular weight is 261 g/mol. The van der Waals surface area contributed by atoms with Crippen LogP contribution < -0.4 is 5.73 Å². The lowest BCUT2D eigenvalue weighted by molar-refractivity contribution is 0.580. The van der Waals surface area contributed by atoms with Crippen LogP contribution in [0.1, 0.15) is 5.56 Å². The Morgan fingerprint density at radius 3 is 2.53 bits per heavy atom. The number of rotatable bonds is 3. The molecule has 0 aliphatic heterocycles. The summed E-state index contributed by atoms with van der Waals surface area (Å²) in [5, 5.41) is -0.249. The van der Waals surface area contributed by atoms with Gasteiger partial charge in [0, 0.05) is 17.8 Å². The van der Waals surface area contributed by atoms with Gasteiger partial charge in [-0.15, -0.1) is 0 Å². The summed E-state index contributed by atoms with van der Waals surface area (Å²) in [6, 6.07) is 2.60. The van der Waals surface area contributed by atoms with Gasteiger partial charge in [-0.2, -0.15) is 0 Å². The predicted molar refractivity (Wildman–Crippen MR) is 61.3 cm³/mol. The molecule has 0 unspecified atom stereocenters. The maximum absolute atomic E-state index is 13.4. The molecule has 6 heteroatoms. The second kappa shape index (κ2) is 5.54. The minimum atomic E-state index is -0.989. The van der Waals surface area contributed by atoms with Gasteiger partial charge in [-0.1, -0.05) is 18.2 Å². The van der Waals surface area contributed by atoms with E-state index in [1.165, 1.54) is 0 Å². The Morgan fingerprint density at radius 1 is 1.41 bits per heavy atom. The molecule has 1 aromatic rings. The van der Waals surface area contributed by atoms with Crippen LogP contribution in [0.4, 0.5) is 13.2 Å². The highest BCUT2D eigenvalue weighted by atomic mass is 35.5. The molecule has 2 N–H and O–H groups in total. The Labute approximate surface area is 101 Å². The zero-order chi connectivity index (χ0) is 13.0. The topological polar surface area (TPSA) is 38.4 Å². The van der Waals surface area contributed by atoms with Crippen molar-refractivity contribution in [3.63, 3.8) is 0 Å². The molecule has 90 valence electrons. The van der Waals surface area contributed by atoms with Crippen LogP contribution >= 0.6 is 11.6 Å². The van der Waals surface area contributed by atoms with Gasteiger partial charge < -0.3 is 5.73 Å². The molecule has 0 bridgehead atoms. The van der Waals surface area contributed by atoms with E-state index in [4.69, 9.17) is 17.3 Å². The summed E-state index contributed by atoms with van der Waals surface area (Å²) < 4.78 is 39.5. The van der Waals surface area contributed by atoms with E-state index < -0.39 is 23.2 Å². The van der Waals surface area contributed by atoms with Gasteiger partial charge >= 0.3 is 0 Å². The van der Waals surface area contributed by atoms with Crippen LogP contribution in [0.3, 0.4) is 0 Å². The van der Waals surface area contributed by atoms with Crippen molar-refractivity contribution in [1.82, 2.24) is 0 Å². The fraction of sp³-hybridized carbons (Fsp3) is 0. The molecule has 1 rings (SSSR count). The number of nitrogens with zero attached hydrogens (tertiary/aromatic N) is 1. The molecular formula is C11H8ClF3N2. The molecule has 0 aliphatic carbocycles. The van der Waals surface area contributed by atoms with E-state index in [0.717, 1.165) is 12.1 Å². The van der Waals surface area contributed by atoms with Gasteiger partial charge in [0.1, 0.15) is 22.5 Å². The van der Waals surface area contributed by atoms with E-state index in [0.29, 0.717) is 12.3 Å². The summed E-state index contributed by atoms with van der Waals surface area (Å²) in [6.07, 6.45) is 0.599. The van der Waals surface area contributed by atoms with Crippen molar-refractivity contribution in [2.24, 2.45) is 10.7 Å². The fourth-order valence-corrected chi connectivity index (χ4v) is 1.21. The van der Waals surface area contributed by atoms with Crippen molar-refractivity contribution in [1.29, 1.82) is 0 Å². The van der Waals surface area contributed by atoms with Crippen LogP contribution in [0.15, 0.2) is 47.0 Å². The minimum Gasteiger partial charge on any atom is -0.402 e. The molecule has 17 heavy (non-hydrogen) atoms. The van der Waals surface area contributed by atoms with Gasteiger partial charge in [-0.3, -0.25) is 0 Å². The lowest BCUT2D eigenvalue weighted by Crippen LogP contribution is -2.07. The molecular weight excluding hydrogens is 253 g/mol. The quantitative estimate of drug-likeness (QED) is 0.658. The normalized spacial score (nSPS) is 12.7. The first-order valence-corrected chi connectivity index (χ1v) is 4.79. The Morgan fingerprint density at radius 2 is 2.06 bits per heavy atom. The molecule has 0 saturated heterocycles. The van der Waals surface area contributed by atoms with E-state index in [1.807, 2.05) is 0 Å². The Kier molecular flexibility index (Phi) is 4.34. The van der Waals surface area contributed by atoms with E-state index >= 15 is 0 Å². The molecule has 0 aliphatic rings. The highest BCUT2D eigenvalue weighted by Crippen LogP contribution is 2.18. The smallest absolute Gasteiger partial charge is 0.164 e. The van der Waals surface area contributed by atoms with E-state index in [1.54, 1.807) is 0 Å². The van der Waals surface area contributed by atoms with E-state index in [2.05, 4.69) is 11.6 Å². The first-order valence-electron chi connectivity index (χ1n) is 4.42. The number of halogens is 4. The summed E-state index contributed by atoms with van der Waals surface area (Å²) in [7, 11) is 0.